The molecule has 8 heteroatoms. The molecule has 32 heavy (non-hydrogen) atoms. The maximum absolute atomic E-state index is 12.1. The van der Waals surface area contributed by atoms with Crippen LogP contribution in [-0.4, -0.2) is 35.3 Å². The van der Waals surface area contributed by atoms with Crippen molar-refractivity contribution in [3.63, 3.8) is 0 Å². The van der Waals surface area contributed by atoms with E-state index in [0.29, 0.717) is 5.70 Å². The Labute approximate surface area is 186 Å². The second kappa shape index (κ2) is 8.82. The van der Waals surface area contributed by atoms with Gasteiger partial charge in [-0.05, 0) is 49.9 Å². The van der Waals surface area contributed by atoms with E-state index in [0.717, 1.165) is 35.4 Å². The standard InChI is InChI=1S/C24H25N3O5/c1-4-32-22(28)12-15(2)26-24(17-6-5-7-18(13-17)27(29)30)20-11-9-16-8-10-19(31-3)14-21(16)23(20)25-26/h5-8,10,12-14,20,24H,4,9,11H2,1-3H3/b15-12+. The van der Waals surface area contributed by atoms with Crippen molar-refractivity contribution in [2.24, 2.45) is 11.0 Å². The van der Waals surface area contributed by atoms with Gasteiger partial charge in [-0.2, -0.15) is 5.10 Å². The van der Waals surface area contributed by atoms with Gasteiger partial charge in [0.25, 0.3) is 5.69 Å². The van der Waals surface area contributed by atoms with Crippen LogP contribution in [0.15, 0.2) is 59.3 Å². The summed E-state index contributed by atoms with van der Waals surface area (Å²) >= 11 is 0. The summed E-state index contributed by atoms with van der Waals surface area (Å²) in [5, 5.41) is 18.1. The molecule has 0 fully saturated rings. The molecular formula is C24H25N3O5. The monoisotopic (exact) mass is 435 g/mol. The predicted molar refractivity (Wildman–Crippen MR) is 119 cm³/mol. The maximum atomic E-state index is 12.1. The normalized spacial score (nSPS) is 19.7. The van der Waals surface area contributed by atoms with Gasteiger partial charge in [-0.15, -0.1) is 0 Å². The number of nitro benzene ring substituents is 1. The molecule has 0 amide bonds. The van der Waals surface area contributed by atoms with Crippen molar-refractivity contribution in [2.75, 3.05) is 13.7 Å². The van der Waals surface area contributed by atoms with Crippen LogP contribution in [0.25, 0.3) is 0 Å². The van der Waals surface area contributed by atoms with E-state index in [1.165, 1.54) is 17.7 Å². The van der Waals surface area contributed by atoms with Crippen molar-refractivity contribution in [3.8, 4) is 5.75 Å². The van der Waals surface area contributed by atoms with Gasteiger partial charge in [-0.1, -0.05) is 18.2 Å². The van der Waals surface area contributed by atoms with Crippen LogP contribution in [0.3, 0.4) is 0 Å². The van der Waals surface area contributed by atoms with Crippen LogP contribution in [0, 0.1) is 16.0 Å². The van der Waals surface area contributed by atoms with Gasteiger partial charge in [-0.3, -0.25) is 15.1 Å². The van der Waals surface area contributed by atoms with Crippen molar-refractivity contribution in [1.29, 1.82) is 0 Å². The van der Waals surface area contributed by atoms with Crippen LogP contribution < -0.4 is 4.74 Å². The highest BCUT2D eigenvalue weighted by Gasteiger charge is 2.42. The number of methoxy groups -OCH3 is 1. The topological polar surface area (TPSA) is 94.3 Å². The molecule has 1 aliphatic heterocycles. The number of allylic oxidation sites excluding steroid dienone is 1. The van der Waals surface area contributed by atoms with Gasteiger partial charge in [0.2, 0.25) is 0 Å². The van der Waals surface area contributed by atoms with E-state index in [2.05, 4.69) is 6.07 Å². The number of aryl methyl sites for hydroxylation is 1. The SMILES string of the molecule is CCOC(=O)/C=C(\C)N1N=C2c3cc(OC)ccc3CCC2C1c1cccc([N+](=O)[O-])c1. The molecule has 1 heterocycles. The van der Waals surface area contributed by atoms with Crippen LogP contribution in [0.1, 0.15) is 43.0 Å². The summed E-state index contributed by atoms with van der Waals surface area (Å²) in [6, 6.07) is 12.3. The molecule has 0 saturated heterocycles. The third-order valence-electron chi connectivity index (χ3n) is 5.93. The largest absolute Gasteiger partial charge is 0.497 e. The second-order valence-electron chi connectivity index (χ2n) is 7.83. The Bertz CT molecular complexity index is 1120. The quantitative estimate of drug-likeness (QED) is 0.289. The molecule has 0 spiro atoms. The minimum atomic E-state index is -0.445. The van der Waals surface area contributed by atoms with Crippen LogP contribution in [0.4, 0.5) is 5.69 Å². The number of ether oxygens (including phenoxy) is 2. The number of esters is 1. The second-order valence-corrected chi connectivity index (χ2v) is 7.83. The van der Waals surface area contributed by atoms with E-state index in [9.17, 15) is 14.9 Å². The summed E-state index contributed by atoms with van der Waals surface area (Å²) < 4.78 is 10.5. The summed E-state index contributed by atoms with van der Waals surface area (Å²) in [6.45, 7) is 3.83. The third kappa shape index (κ3) is 3.95. The fraction of sp³-hybridized carbons (Fsp3) is 0.333. The Hall–Kier alpha value is -3.68. The molecule has 166 valence electrons. The van der Waals surface area contributed by atoms with Gasteiger partial charge in [0.15, 0.2) is 0 Å². The molecule has 4 rings (SSSR count). The number of nitrogens with zero attached hydrogens (tertiary/aromatic N) is 3. The highest BCUT2D eigenvalue weighted by Crippen LogP contribution is 2.45. The van der Waals surface area contributed by atoms with Crippen molar-refractivity contribution in [3.05, 3.63) is 81.0 Å². The molecule has 2 aromatic carbocycles. The lowest BCUT2D eigenvalue weighted by Gasteiger charge is -2.31. The number of benzene rings is 2. The van der Waals surface area contributed by atoms with Gasteiger partial charge < -0.3 is 9.47 Å². The lowest BCUT2D eigenvalue weighted by molar-refractivity contribution is -0.385. The molecule has 8 nitrogen and oxygen atoms in total. The van der Waals surface area contributed by atoms with E-state index >= 15 is 0 Å². The van der Waals surface area contributed by atoms with E-state index in [1.807, 2.05) is 18.2 Å². The lowest BCUT2D eigenvalue weighted by Crippen LogP contribution is -2.28. The van der Waals surface area contributed by atoms with Crippen molar-refractivity contribution >= 4 is 17.4 Å². The molecule has 2 unspecified atom stereocenters. The van der Waals surface area contributed by atoms with Crippen LogP contribution >= 0.6 is 0 Å². The summed E-state index contributed by atoms with van der Waals surface area (Å²) in [6.07, 6.45) is 3.12. The molecule has 0 N–H and O–H groups in total. The van der Waals surface area contributed by atoms with E-state index in [-0.39, 0.29) is 24.3 Å². The summed E-state index contributed by atoms with van der Waals surface area (Å²) in [4.78, 5) is 23.1. The first kappa shape index (κ1) is 21.5. The molecule has 2 aliphatic rings. The van der Waals surface area contributed by atoms with Crippen molar-refractivity contribution < 1.29 is 19.2 Å². The van der Waals surface area contributed by atoms with Gasteiger partial charge in [0.05, 0.1) is 30.4 Å². The van der Waals surface area contributed by atoms with Crippen molar-refractivity contribution in [2.45, 2.75) is 32.7 Å². The Kier molecular flexibility index (Phi) is 5.94. The zero-order valence-electron chi connectivity index (χ0n) is 18.3. The molecule has 2 aromatic rings. The first-order valence-corrected chi connectivity index (χ1v) is 10.6. The number of carbonyl (C=O) groups is 1. The highest BCUT2D eigenvalue weighted by atomic mass is 16.6. The van der Waals surface area contributed by atoms with E-state index in [1.54, 1.807) is 38.1 Å². The highest BCUT2D eigenvalue weighted by molar-refractivity contribution is 6.06. The van der Waals surface area contributed by atoms with Crippen LogP contribution in [0.5, 0.6) is 5.75 Å². The smallest absolute Gasteiger partial charge is 0.332 e. The van der Waals surface area contributed by atoms with Crippen LogP contribution in [-0.2, 0) is 16.0 Å². The number of fused-ring (bicyclic) bond motifs is 3. The number of non-ortho nitro benzene ring substituents is 1. The number of carbonyl (C=O) groups excluding carboxylic acids is 1. The maximum Gasteiger partial charge on any atom is 0.332 e. The Morgan fingerprint density at radius 1 is 1.31 bits per heavy atom. The Morgan fingerprint density at radius 3 is 2.84 bits per heavy atom. The molecule has 0 radical (unpaired) electrons. The van der Waals surface area contributed by atoms with Gasteiger partial charge in [-0.25, -0.2) is 4.79 Å². The van der Waals surface area contributed by atoms with Gasteiger partial charge in [0, 0.05) is 35.4 Å². The summed E-state index contributed by atoms with van der Waals surface area (Å²) in [7, 11) is 1.63. The van der Waals surface area contributed by atoms with Crippen LogP contribution in [0.2, 0.25) is 0 Å². The van der Waals surface area contributed by atoms with Crippen molar-refractivity contribution in [1.82, 2.24) is 5.01 Å². The molecule has 1 aliphatic carbocycles. The number of rotatable bonds is 6. The average molecular weight is 435 g/mol. The number of hydrogen-bond donors (Lipinski definition) is 0. The molecule has 0 saturated carbocycles. The zero-order valence-corrected chi connectivity index (χ0v) is 18.3. The van der Waals surface area contributed by atoms with E-state index in [4.69, 9.17) is 14.6 Å². The molecular weight excluding hydrogens is 410 g/mol. The number of nitro groups is 1. The summed E-state index contributed by atoms with van der Waals surface area (Å²) in [5.74, 6) is 0.318. The minimum absolute atomic E-state index is 0.0159. The lowest BCUT2D eigenvalue weighted by atomic mass is 9.77. The third-order valence-corrected chi connectivity index (χ3v) is 5.93. The van der Waals surface area contributed by atoms with E-state index < -0.39 is 10.9 Å². The molecule has 0 aromatic heterocycles. The minimum Gasteiger partial charge on any atom is -0.497 e. The number of hydrogen-bond acceptors (Lipinski definition) is 7. The Morgan fingerprint density at radius 2 is 2.12 bits per heavy atom. The zero-order chi connectivity index (χ0) is 22.8. The van der Waals surface area contributed by atoms with Gasteiger partial charge in [0.1, 0.15) is 5.75 Å². The van der Waals surface area contributed by atoms with Gasteiger partial charge >= 0.3 is 5.97 Å². The fourth-order valence-corrected chi connectivity index (χ4v) is 4.49. The molecule has 2 atom stereocenters. The number of hydrazone groups is 1. The molecule has 0 bridgehead atoms. The average Bonchev–Trinajstić information content (AvgIpc) is 3.19. The summed E-state index contributed by atoms with van der Waals surface area (Å²) in [5.41, 5.74) is 4.53. The first-order valence-electron chi connectivity index (χ1n) is 10.6. The Balaban J connectivity index is 1.82. The first-order chi connectivity index (χ1) is 15.4. The predicted octanol–water partition coefficient (Wildman–Crippen LogP) is 4.39. The fourth-order valence-electron chi connectivity index (χ4n) is 4.49.